The molecule has 258 valence electrons. The standard InChI is InChI=1S/C52H34N2O/c1-3-15-35(16-4-1)36-27-29-37(30-28-36)40-19-9-12-24-46(40)54(49-34-51-52(44-22-8-7-21-42(44)49)45-23-11-14-26-50(45)55-51)39-31-32-43-41-20-10-13-25-47(41)53(48(43)33-39)38-17-5-2-6-18-38/h1-34H. The Balaban J connectivity index is 1.20. The fourth-order valence-electron chi connectivity index (χ4n) is 8.50. The quantitative estimate of drug-likeness (QED) is 0.172. The average molecular weight is 703 g/mol. The van der Waals surface area contributed by atoms with Crippen LogP contribution in [0.25, 0.3) is 82.5 Å². The Morgan fingerprint density at radius 1 is 0.364 bits per heavy atom. The van der Waals surface area contributed by atoms with Crippen LogP contribution < -0.4 is 4.90 Å². The minimum atomic E-state index is 0.865. The van der Waals surface area contributed by atoms with Crippen LogP contribution in [0.15, 0.2) is 211 Å². The monoisotopic (exact) mass is 702 g/mol. The number of aromatic nitrogens is 1. The SMILES string of the molecule is c1ccc(-c2ccc(-c3ccccc3N(c3ccc4c5ccccc5n(-c5ccccc5)c4c3)c3cc4oc5ccccc5c4c4ccccc34)cc2)cc1. The molecular formula is C52H34N2O. The third-order valence-corrected chi connectivity index (χ3v) is 11.0. The molecule has 9 aromatic carbocycles. The molecule has 0 saturated carbocycles. The lowest BCUT2D eigenvalue weighted by atomic mass is 9.97. The van der Waals surface area contributed by atoms with Gasteiger partial charge in [0.1, 0.15) is 11.2 Å². The van der Waals surface area contributed by atoms with Crippen LogP contribution >= 0.6 is 0 Å². The molecule has 3 heteroatoms. The summed E-state index contributed by atoms with van der Waals surface area (Å²) in [5, 5.41) is 7.02. The highest BCUT2D eigenvalue weighted by atomic mass is 16.3. The molecule has 2 heterocycles. The van der Waals surface area contributed by atoms with Crippen molar-refractivity contribution in [2.24, 2.45) is 0 Å². The van der Waals surface area contributed by atoms with Gasteiger partial charge in [-0.05, 0) is 64.5 Å². The summed E-state index contributed by atoms with van der Waals surface area (Å²) in [7, 11) is 0. The maximum atomic E-state index is 6.65. The van der Waals surface area contributed by atoms with Gasteiger partial charge in [-0.15, -0.1) is 0 Å². The van der Waals surface area contributed by atoms with Gasteiger partial charge >= 0.3 is 0 Å². The van der Waals surface area contributed by atoms with Crippen LogP contribution in [0.5, 0.6) is 0 Å². The van der Waals surface area contributed by atoms with Gasteiger partial charge in [0, 0.05) is 49.9 Å². The maximum absolute atomic E-state index is 6.65. The predicted molar refractivity (Wildman–Crippen MR) is 231 cm³/mol. The van der Waals surface area contributed by atoms with Crippen molar-refractivity contribution in [1.82, 2.24) is 4.57 Å². The van der Waals surface area contributed by atoms with E-state index in [2.05, 4.69) is 210 Å². The van der Waals surface area contributed by atoms with E-state index in [4.69, 9.17) is 4.42 Å². The minimum absolute atomic E-state index is 0.865. The zero-order valence-corrected chi connectivity index (χ0v) is 29.9. The van der Waals surface area contributed by atoms with Gasteiger partial charge in [0.25, 0.3) is 0 Å². The van der Waals surface area contributed by atoms with Crippen LogP contribution in [-0.4, -0.2) is 4.57 Å². The topological polar surface area (TPSA) is 21.3 Å². The van der Waals surface area contributed by atoms with Gasteiger partial charge in [0.05, 0.1) is 22.4 Å². The molecule has 3 nitrogen and oxygen atoms in total. The van der Waals surface area contributed by atoms with Gasteiger partial charge in [-0.25, -0.2) is 0 Å². The summed E-state index contributed by atoms with van der Waals surface area (Å²) in [6.45, 7) is 0. The summed E-state index contributed by atoms with van der Waals surface area (Å²) in [5.74, 6) is 0. The van der Waals surface area contributed by atoms with Crippen molar-refractivity contribution in [3.8, 4) is 27.9 Å². The van der Waals surface area contributed by atoms with Crippen molar-refractivity contribution in [3.63, 3.8) is 0 Å². The maximum Gasteiger partial charge on any atom is 0.138 e. The summed E-state index contributed by atoms with van der Waals surface area (Å²) < 4.78 is 9.04. The lowest BCUT2D eigenvalue weighted by Gasteiger charge is -2.29. The lowest BCUT2D eigenvalue weighted by molar-refractivity contribution is 0.669. The number of fused-ring (bicyclic) bond motifs is 8. The Labute approximate surface area is 318 Å². The smallest absolute Gasteiger partial charge is 0.138 e. The molecule has 0 atom stereocenters. The van der Waals surface area contributed by atoms with Gasteiger partial charge in [0.2, 0.25) is 0 Å². The van der Waals surface area contributed by atoms with E-state index < -0.39 is 0 Å². The zero-order valence-electron chi connectivity index (χ0n) is 29.9. The zero-order chi connectivity index (χ0) is 36.3. The number of benzene rings is 9. The van der Waals surface area contributed by atoms with E-state index in [0.29, 0.717) is 0 Å². The molecule has 55 heavy (non-hydrogen) atoms. The number of hydrogen-bond acceptors (Lipinski definition) is 2. The van der Waals surface area contributed by atoms with Crippen LogP contribution in [-0.2, 0) is 0 Å². The molecule has 11 rings (SSSR count). The van der Waals surface area contributed by atoms with E-state index in [0.717, 1.165) is 72.1 Å². The van der Waals surface area contributed by atoms with Crippen molar-refractivity contribution in [3.05, 3.63) is 206 Å². The van der Waals surface area contributed by atoms with E-state index in [1.165, 1.54) is 27.4 Å². The molecule has 0 spiro atoms. The van der Waals surface area contributed by atoms with Crippen LogP contribution in [0.4, 0.5) is 17.1 Å². The highest BCUT2D eigenvalue weighted by molar-refractivity contribution is 6.23. The Kier molecular flexibility index (Phi) is 7.17. The van der Waals surface area contributed by atoms with E-state index in [1.54, 1.807) is 0 Å². The van der Waals surface area contributed by atoms with Gasteiger partial charge in [-0.2, -0.15) is 0 Å². The summed E-state index contributed by atoms with van der Waals surface area (Å²) in [4.78, 5) is 2.43. The number of furan rings is 1. The Bertz CT molecular complexity index is 3190. The van der Waals surface area contributed by atoms with E-state index in [9.17, 15) is 0 Å². The molecule has 0 bridgehead atoms. The van der Waals surface area contributed by atoms with Crippen molar-refractivity contribution in [1.29, 1.82) is 0 Å². The van der Waals surface area contributed by atoms with E-state index in [1.807, 2.05) is 6.07 Å². The molecule has 0 radical (unpaired) electrons. The number of para-hydroxylation sites is 4. The molecular weight excluding hydrogens is 669 g/mol. The van der Waals surface area contributed by atoms with Crippen LogP contribution in [0, 0.1) is 0 Å². The Morgan fingerprint density at radius 2 is 0.964 bits per heavy atom. The van der Waals surface area contributed by atoms with Crippen molar-refractivity contribution >= 4 is 71.6 Å². The van der Waals surface area contributed by atoms with Crippen LogP contribution in [0.3, 0.4) is 0 Å². The van der Waals surface area contributed by atoms with Crippen molar-refractivity contribution in [2.45, 2.75) is 0 Å². The lowest BCUT2D eigenvalue weighted by Crippen LogP contribution is -2.12. The molecule has 0 saturated heterocycles. The fourth-order valence-corrected chi connectivity index (χ4v) is 8.50. The molecule has 0 aliphatic heterocycles. The molecule has 2 aromatic heterocycles. The summed E-state index contributed by atoms with van der Waals surface area (Å²) in [6, 6.07) is 73.9. The molecule has 11 aromatic rings. The predicted octanol–water partition coefficient (Wildman–Crippen LogP) is 14.6. The Hall–Kier alpha value is -7.36. The van der Waals surface area contributed by atoms with E-state index in [-0.39, 0.29) is 0 Å². The molecule has 0 aliphatic rings. The molecule has 0 N–H and O–H groups in total. The van der Waals surface area contributed by atoms with Crippen LogP contribution in [0.1, 0.15) is 0 Å². The van der Waals surface area contributed by atoms with Gasteiger partial charge in [0.15, 0.2) is 0 Å². The second kappa shape index (κ2) is 12.6. The van der Waals surface area contributed by atoms with Crippen molar-refractivity contribution < 1.29 is 4.42 Å². The number of rotatable bonds is 6. The van der Waals surface area contributed by atoms with Gasteiger partial charge < -0.3 is 13.9 Å². The summed E-state index contributed by atoms with van der Waals surface area (Å²) >= 11 is 0. The fraction of sp³-hybridized carbons (Fsp3) is 0. The highest BCUT2D eigenvalue weighted by Crippen LogP contribution is 2.48. The highest BCUT2D eigenvalue weighted by Gasteiger charge is 2.24. The van der Waals surface area contributed by atoms with Crippen molar-refractivity contribution in [2.75, 3.05) is 4.90 Å². The minimum Gasteiger partial charge on any atom is -0.456 e. The summed E-state index contributed by atoms with van der Waals surface area (Å²) in [6.07, 6.45) is 0. The van der Waals surface area contributed by atoms with Gasteiger partial charge in [-0.1, -0.05) is 158 Å². The molecule has 0 amide bonds. The third kappa shape index (κ3) is 5.05. The number of hydrogen-bond donors (Lipinski definition) is 0. The normalized spacial score (nSPS) is 11.6. The first-order chi connectivity index (χ1) is 27.3. The summed E-state index contributed by atoms with van der Waals surface area (Å²) in [5.41, 5.74) is 13.1. The molecule has 0 unspecified atom stereocenters. The molecule has 0 fully saturated rings. The Morgan fingerprint density at radius 3 is 1.78 bits per heavy atom. The van der Waals surface area contributed by atoms with Gasteiger partial charge in [-0.3, -0.25) is 0 Å². The first kappa shape index (κ1) is 31.2. The molecule has 0 aliphatic carbocycles. The van der Waals surface area contributed by atoms with Crippen LogP contribution in [0.2, 0.25) is 0 Å². The van der Waals surface area contributed by atoms with E-state index >= 15 is 0 Å². The number of nitrogens with zero attached hydrogens (tertiary/aromatic N) is 2. The first-order valence-electron chi connectivity index (χ1n) is 18.8. The largest absolute Gasteiger partial charge is 0.456 e. The third-order valence-electron chi connectivity index (χ3n) is 11.0. The number of anilines is 3. The first-order valence-corrected chi connectivity index (χ1v) is 18.8. The average Bonchev–Trinajstić information content (AvgIpc) is 3.80. The second-order valence-corrected chi connectivity index (χ2v) is 14.1. The second-order valence-electron chi connectivity index (χ2n) is 14.1.